The molecule has 3 aromatic carbocycles. The van der Waals surface area contributed by atoms with Gasteiger partial charge in [-0.15, -0.1) is 0 Å². The second-order valence-electron chi connectivity index (χ2n) is 10.3. The van der Waals surface area contributed by atoms with Gasteiger partial charge in [-0.1, -0.05) is 54.1 Å². The zero-order valence-electron chi connectivity index (χ0n) is 22.4. The van der Waals surface area contributed by atoms with Gasteiger partial charge in [-0.25, -0.2) is 8.42 Å². The zero-order chi connectivity index (χ0) is 28.8. The third-order valence-corrected chi connectivity index (χ3v) is 7.90. The third-order valence-electron chi connectivity index (χ3n) is 5.81. The molecule has 0 bridgehead atoms. The van der Waals surface area contributed by atoms with E-state index in [-0.39, 0.29) is 18.9 Å². The molecule has 0 unspecified atom stereocenters. The lowest BCUT2D eigenvalue weighted by Crippen LogP contribution is -2.56. The van der Waals surface area contributed by atoms with Gasteiger partial charge in [0.25, 0.3) is 0 Å². The number of sulfonamides is 1. The highest BCUT2D eigenvalue weighted by atomic mass is 127. The van der Waals surface area contributed by atoms with E-state index in [9.17, 15) is 18.0 Å². The summed E-state index contributed by atoms with van der Waals surface area (Å²) >= 11 is 8.36. The predicted octanol–water partition coefficient (Wildman–Crippen LogP) is 5.27. The molecule has 3 aromatic rings. The number of carbonyl (C=O) groups is 2. The van der Waals surface area contributed by atoms with Gasteiger partial charge in [-0.2, -0.15) is 0 Å². The number of rotatable bonds is 10. The van der Waals surface area contributed by atoms with Crippen LogP contribution in [0, 0.1) is 3.57 Å². The smallest absolute Gasteiger partial charge is 0.244 e. The number of hydrogen-bond acceptors (Lipinski definition) is 4. The number of carbonyl (C=O) groups excluding carboxylic acids is 2. The van der Waals surface area contributed by atoms with Crippen molar-refractivity contribution in [3.63, 3.8) is 0 Å². The van der Waals surface area contributed by atoms with Crippen LogP contribution >= 0.6 is 34.2 Å². The van der Waals surface area contributed by atoms with Gasteiger partial charge in [-0.05, 0) is 90.9 Å². The van der Waals surface area contributed by atoms with Crippen LogP contribution in [-0.2, 0) is 32.6 Å². The fourth-order valence-electron chi connectivity index (χ4n) is 4.06. The zero-order valence-corrected chi connectivity index (χ0v) is 26.1. The Morgan fingerprint density at radius 2 is 1.56 bits per heavy atom. The Morgan fingerprint density at radius 1 is 0.949 bits per heavy atom. The predicted molar refractivity (Wildman–Crippen MR) is 165 cm³/mol. The van der Waals surface area contributed by atoms with Crippen LogP contribution in [0.4, 0.5) is 5.69 Å². The van der Waals surface area contributed by atoms with Crippen molar-refractivity contribution in [2.24, 2.45) is 0 Å². The average molecular weight is 682 g/mol. The van der Waals surface area contributed by atoms with E-state index in [1.54, 1.807) is 42.5 Å². The van der Waals surface area contributed by atoms with Crippen molar-refractivity contribution in [3.8, 4) is 0 Å². The Kier molecular flexibility index (Phi) is 10.4. The third kappa shape index (κ3) is 9.51. The SMILES string of the molecule is CC(C)(C)NC(=O)[C@@H](Cc1ccccc1)N(Cc1cccc(Cl)c1)C(=O)CN(c1ccc(I)cc1)S(C)(=O)=O. The second-order valence-corrected chi connectivity index (χ2v) is 13.9. The van der Waals surface area contributed by atoms with Crippen LogP contribution in [0.5, 0.6) is 0 Å². The summed E-state index contributed by atoms with van der Waals surface area (Å²) in [7, 11) is -3.81. The number of amides is 2. The Labute approximate surface area is 249 Å². The quantitative estimate of drug-likeness (QED) is 0.296. The molecule has 0 aliphatic carbocycles. The molecule has 208 valence electrons. The molecule has 10 heteroatoms. The molecule has 3 rings (SSSR count). The molecule has 0 fully saturated rings. The fourth-order valence-corrected chi connectivity index (χ4v) is 5.48. The molecule has 0 aliphatic heterocycles. The molecule has 0 saturated carbocycles. The summed E-state index contributed by atoms with van der Waals surface area (Å²) in [6.45, 7) is 5.22. The standard InChI is InChI=1S/C29H33ClIN3O4S/c1-29(2,3)32-28(36)26(18-21-9-6-5-7-10-21)33(19-22-11-8-12-23(30)17-22)27(35)20-34(39(4,37)38)25-15-13-24(31)14-16-25/h5-17,26H,18-20H2,1-4H3,(H,32,36)/t26-/m1/s1. The van der Waals surface area contributed by atoms with Gasteiger partial charge in [0.15, 0.2) is 0 Å². The molecule has 0 spiro atoms. The number of hydrogen-bond donors (Lipinski definition) is 1. The van der Waals surface area contributed by atoms with Crippen molar-refractivity contribution >= 4 is 61.7 Å². The van der Waals surface area contributed by atoms with Gasteiger partial charge in [0.05, 0.1) is 11.9 Å². The van der Waals surface area contributed by atoms with E-state index in [2.05, 4.69) is 27.9 Å². The van der Waals surface area contributed by atoms with Crippen LogP contribution in [0.3, 0.4) is 0 Å². The number of nitrogens with zero attached hydrogens (tertiary/aromatic N) is 2. The normalized spacial score (nSPS) is 12.5. The van der Waals surface area contributed by atoms with E-state index >= 15 is 0 Å². The molecule has 0 aromatic heterocycles. The van der Waals surface area contributed by atoms with E-state index < -0.39 is 34.1 Å². The van der Waals surface area contributed by atoms with E-state index in [0.717, 1.165) is 25.3 Å². The number of benzene rings is 3. The largest absolute Gasteiger partial charge is 0.350 e. The van der Waals surface area contributed by atoms with E-state index in [1.165, 1.54) is 4.90 Å². The molecule has 2 amide bonds. The van der Waals surface area contributed by atoms with Crippen LogP contribution in [0.2, 0.25) is 5.02 Å². The van der Waals surface area contributed by atoms with Crippen LogP contribution in [0.1, 0.15) is 31.9 Å². The molecular formula is C29H33ClIN3O4S. The first-order valence-electron chi connectivity index (χ1n) is 12.4. The Bertz CT molecular complexity index is 1390. The van der Waals surface area contributed by atoms with E-state index in [1.807, 2.05) is 57.2 Å². The lowest BCUT2D eigenvalue weighted by molar-refractivity contribution is -0.140. The molecule has 0 heterocycles. The summed E-state index contributed by atoms with van der Waals surface area (Å²) in [6, 6.07) is 22.4. The van der Waals surface area contributed by atoms with Gasteiger partial charge < -0.3 is 10.2 Å². The van der Waals surface area contributed by atoms with Crippen molar-refractivity contribution in [3.05, 3.63) is 98.6 Å². The van der Waals surface area contributed by atoms with Crippen molar-refractivity contribution in [2.75, 3.05) is 17.1 Å². The average Bonchev–Trinajstić information content (AvgIpc) is 2.84. The maximum atomic E-state index is 14.0. The first-order valence-corrected chi connectivity index (χ1v) is 15.7. The van der Waals surface area contributed by atoms with Crippen molar-refractivity contribution in [1.82, 2.24) is 10.2 Å². The highest BCUT2D eigenvalue weighted by Crippen LogP contribution is 2.22. The van der Waals surface area contributed by atoms with Crippen LogP contribution in [0.15, 0.2) is 78.9 Å². The monoisotopic (exact) mass is 681 g/mol. The van der Waals surface area contributed by atoms with Gasteiger partial charge in [-0.3, -0.25) is 13.9 Å². The van der Waals surface area contributed by atoms with Crippen LogP contribution in [0.25, 0.3) is 0 Å². The lowest BCUT2D eigenvalue weighted by Gasteiger charge is -2.35. The first-order chi connectivity index (χ1) is 18.2. The van der Waals surface area contributed by atoms with Crippen molar-refractivity contribution in [1.29, 1.82) is 0 Å². The molecule has 0 aliphatic rings. The molecule has 7 nitrogen and oxygen atoms in total. The second kappa shape index (κ2) is 13.1. The summed E-state index contributed by atoms with van der Waals surface area (Å²) in [5, 5.41) is 3.50. The van der Waals surface area contributed by atoms with Crippen molar-refractivity contribution < 1.29 is 18.0 Å². The molecule has 0 saturated heterocycles. The summed E-state index contributed by atoms with van der Waals surface area (Å²) in [6.07, 6.45) is 1.31. The van der Waals surface area contributed by atoms with Gasteiger partial charge in [0.2, 0.25) is 21.8 Å². The van der Waals surface area contributed by atoms with Crippen molar-refractivity contribution in [2.45, 2.75) is 45.3 Å². The summed E-state index contributed by atoms with van der Waals surface area (Å²) in [4.78, 5) is 29.2. The molecule has 1 atom stereocenters. The van der Waals surface area contributed by atoms with E-state index in [4.69, 9.17) is 11.6 Å². The van der Waals surface area contributed by atoms with Crippen LogP contribution < -0.4 is 9.62 Å². The minimum absolute atomic E-state index is 0.0682. The van der Waals surface area contributed by atoms with E-state index in [0.29, 0.717) is 10.7 Å². The summed E-state index contributed by atoms with van der Waals surface area (Å²) < 4.78 is 27.6. The highest BCUT2D eigenvalue weighted by Gasteiger charge is 2.34. The fraction of sp³-hybridized carbons (Fsp3) is 0.310. The number of halogens is 2. The first kappa shape index (κ1) is 30.9. The Balaban J connectivity index is 2.07. The molecule has 0 radical (unpaired) electrons. The lowest BCUT2D eigenvalue weighted by atomic mass is 10.0. The molecule has 39 heavy (non-hydrogen) atoms. The maximum Gasteiger partial charge on any atom is 0.244 e. The van der Waals surface area contributed by atoms with Gasteiger partial charge >= 0.3 is 0 Å². The van der Waals surface area contributed by atoms with Gasteiger partial charge in [0.1, 0.15) is 12.6 Å². The number of anilines is 1. The minimum atomic E-state index is -3.81. The summed E-state index contributed by atoms with van der Waals surface area (Å²) in [5.74, 6) is -0.842. The Hall–Kier alpha value is -2.63. The molecule has 1 N–H and O–H groups in total. The maximum absolute atomic E-state index is 14.0. The number of nitrogens with one attached hydrogen (secondary N) is 1. The molecular weight excluding hydrogens is 649 g/mol. The van der Waals surface area contributed by atoms with Crippen LogP contribution in [-0.4, -0.2) is 49.5 Å². The summed E-state index contributed by atoms with van der Waals surface area (Å²) in [5.41, 5.74) is 1.41. The van der Waals surface area contributed by atoms with Gasteiger partial charge in [0, 0.05) is 27.1 Å². The Morgan fingerprint density at radius 3 is 2.13 bits per heavy atom. The minimum Gasteiger partial charge on any atom is -0.350 e. The highest BCUT2D eigenvalue weighted by molar-refractivity contribution is 14.1. The topological polar surface area (TPSA) is 86.8 Å².